The number of para-hydroxylation sites is 1. The van der Waals surface area contributed by atoms with Crippen molar-refractivity contribution in [3.05, 3.63) is 36.1 Å². The molecule has 1 atom stereocenters. The predicted octanol–water partition coefficient (Wildman–Crippen LogP) is 4.39. The third-order valence-corrected chi connectivity index (χ3v) is 4.55. The normalized spacial score (nSPS) is 22.8. The van der Waals surface area contributed by atoms with Gasteiger partial charge in [0.05, 0.1) is 6.04 Å². The lowest BCUT2D eigenvalue weighted by atomic mass is 9.79. The van der Waals surface area contributed by atoms with Gasteiger partial charge in [-0.15, -0.1) is 0 Å². The van der Waals surface area contributed by atoms with Crippen LogP contribution in [0.25, 0.3) is 11.0 Å². The number of piperidine rings is 1. The zero-order chi connectivity index (χ0) is 16.0. The topological polar surface area (TPSA) is 37.2 Å². The van der Waals surface area contributed by atoms with Gasteiger partial charge in [0.25, 0.3) is 0 Å². The monoisotopic (exact) mass is 300 g/mol. The zero-order valence-electron chi connectivity index (χ0n) is 14.4. The van der Waals surface area contributed by atoms with Gasteiger partial charge >= 0.3 is 0 Å². The fraction of sp³-hybridized carbons (Fsp3) is 0.579. The zero-order valence-corrected chi connectivity index (χ0v) is 14.4. The third kappa shape index (κ3) is 3.36. The fourth-order valence-electron chi connectivity index (χ4n) is 4.09. The van der Waals surface area contributed by atoms with Crippen LogP contribution in [0.4, 0.5) is 0 Å². The van der Waals surface area contributed by atoms with Crippen molar-refractivity contribution in [2.24, 2.45) is 0 Å². The second-order valence-corrected chi connectivity index (χ2v) is 8.07. The van der Waals surface area contributed by atoms with E-state index in [1.54, 1.807) is 0 Å². The summed E-state index contributed by atoms with van der Waals surface area (Å²) in [6.07, 6.45) is 2.25. The van der Waals surface area contributed by atoms with Crippen LogP contribution in [-0.2, 0) is 0 Å². The Morgan fingerprint density at radius 2 is 1.77 bits per heavy atom. The molecular formula is C19H28N2O. The van der Waals surface area contributed by atoms with Gasteiger partial charge in [-0.1, -0.05) is 18.2 Å². The van der Waals surface area contributed by atoms with Gasteiger partial charge in [-0.05, 0) is 59.6 Å². The molecule has 3 rings (SSSR count). The van der Waals surface area contributed by atoms with Crippen LogP contribution in [0.5, 0.6) is 0 Å². The van der Waals surface area contributed by atoms with Gasteiger partial charge in [0.2, 0.25) is 0 Å². The van der Waals surface area contributed by atoms with E-state index in [0.29, 0.717) is 6.04 Å². The Hall–Kier alpha value is -1.32. The average molecular weight is 300 g/mol. The van der Waals surface area contributed by atoms with Crippen LogP contribution in [-0.4, -0.2) is 17.1 Å². The van der Waals surface area contributed by atoms with E-state index in [1.807, 2.05) is 12.1 Å². The molecule has 2 heterocycles. The average Bonchev–Trinajstić information content (AvgIpc) is 2.78. The van der Waals surface area contributed by atoms with Crippen LogP contribution in [0.15, 0.2) is 34.7 Å². The summed E-state index contributed by atoms with van der Waals surface area (Å²) < 4.78 is 6.00. The minimum absolute atomic E-state index is 0.160. The van der Waals surface area contributed by atoms with Crippen LogP contribution in [0, 0.1) is 0 Å². The molecule has 22 heavy (non-hydrogen) atoms. The first-order valence-electron chi connectivity index (χ1n) is 8.28. The molecule has 1 fully saturated rings. The third-order valence-electron chi connectivity index (χ3n) is 4.55. The van der Waals surface area contributed by atoms with Crippen molar-refractivity contribution >= 4 is 11.0 Å². The Balaban J connectivity index is 1.74. The first-order valence-corrected chi connectivity index (χ1v) is 8.28. The summed E-state index contributed by atoms with van der Waals surface area (Å²) in [4.78, 5) is 0. The van der Waals surface area contributed by atoms with Crippen molar-refractivity contribution in [3.8, 4) is 0 Å². The van der Waals surface area contributed by atoms with Crippen molar-refractivity contribution in [1.82, 2.24) is 10.6 Å². The number of benzene rings is 1. The molecule has 0 radical (unpaired) electrons. The van der Waals surface area contributed by atoms with E-state index < -0.39 is 0 Å². The van der Waals surface area contributed by atoms with E-state index in [0.717, 1.165) is 24.2 Å². The van der Waals surface area contributed by atoms with Crippen molar-refractivity contribution in [2.45, 2.75) is 70.6 Å². The van der Waals surface area contributed by atoms with Gasteiger partial charge in [-0.2, -0.15) is 0 Å². The highest BCUT2D eigenvalue weighted by Gasteiger charge is 2.38. The van der Waals surface area contributed by atoms with Crippen molar-refractivity contribution in [1.29, 1.82) is 0 Å². The van der Waals surface area contributed by atoms with Gasteiger partial charge in [-0.25, -0.2) is 0 Å². The maximum Gasteiger partial charge on any atom is 0.134 e. The fourth-order valence-corrected chi connectivity index (χ4v) is 4.09. The number of fused-ring (bicyclic) bond motifs is 1. The molecule has 2 aromatic rings. The van der Waals surface area contributed by atoms with E-state index in [4.69, 9.17) is 4.42 Å². The maximum absolute atomic E-state index is 6.00. The molecule has 3 heteroatoms. The summed E-state index contributed by atoms with van der Waals surface area (Å²) in [5.41, 5.74) is 1.29. The Bertz CT molecular complexity index is 607. The first kappa shape index (κ1) is 15.6. The standard InChI is InChI=1S/C19H28N2O/c1-13(17-10-14-8-6-7-9-16(14)22-17)20-15-11-18(2,3)21-19(4,5)12-15/h6-10,13,15,20-21H,11-12H2,1-5H3. The number of hydrogen-bond donors (Lipinski definition) is 2. The molecule has 2 N–H and O–H groups in total. The predicted molar refractivity (Wildman–Crippen MR) is 92.1 cm³/mol. The largest absolute Gasteiger partial charge is 0.459 e. The van der Waals surface area contributed by atoms with Gasteiger partial charge in [0, 0.05) is 22.5 Å². The minimum Gasteiger partial charge on any atom is -0.459 e. The van der Waals surface area contributed by atoms with Crippen LogP contribution >= 0.6 is 0 Å². The second-order valence-electron chi connectivity index (χ2n) is 8.07. The first-order chi connectivity index (χ1) is 10.2. The molecule has 1 aliphatic heterocycles. The van der Waals surface area contributed by atoms with Crippen molar-refractivity contribution in [2.75, 3.05) is 0 Å². The quantitative estimate of drug-likeness (QED) is 0.882. The van der Waals surface area contributed by atoms with E-state index in [9.17, 15) is 0 Å². The molecule has 1 aliphatic rings. The van der Waals surface area contributed by atoms with E-state index >= 15 is 0 Å². The van der Waals surface area contributed by atoms with Gasteiger partial charge in [-0.3, -0.25) is 0 Å². The Labute approximate surface area is 133 Å². The highest BCUT2D eigenvalue weighted by atomic mass is 16.3. The number of rotatable bonds is 3. The van der Waals surface area contributed by atoms with E-state index in [1.165, 1.54) is 5.39 Å². The molecule has 0 spiro atoms. The number of hydrogen-bond acceptors (Lipinski definition) is 3. The molecule has 0 bridgehead atoms. The Morgan fingerprint density at radius 3 is 2.41 bits per heavy atom. The molecule has 1 saturated heterocycles. The summed E-state index contributed by atoms with van der Waals surface area (Å²) in [6.45, 7) is 11.3. The van der Waals surface area contributed by atoms with E-state index in [-0.39, 0.29) is 17.1 Å². The lowest BCUT2D eigenvalue weighted by Crippen LogP contribution is -2.61. The lowest BCUT2D eigenvalue weighted by molar-refractivity contribution is 0.139. The van der Waals surface area contributed by atoms with Crippen molar-refractivity contribution in [3.63, 3.8) is 0 Å². The summed E-state index contributed by atoms with van der Waals surface area (Å²) in [7, 11) is 0. The van der Waals surface area contributed by atoms with Crippen LogP contribution in [0.2, 0.25) is 0 Å². The minimum atomic E-state index is 0.160. The van der Waals surface area contributed by atoms with Crippen LogP contribution in [0.3, 0.4) is 0 Å². The van der Waals surface area contributed by atoms with Gasteiger partial charge in [0.15, 0.2) is 0 Å². The molecule has 0 amide bonds. The van der Waals surface area contributed by atoms with Gasteiger partial charge in [0.1, 0.15) is 11.3 Å². The summed E-state index contributed by atoms with van der Waals surface area (Å²) >= 11 is 0. The summed E-state index contributed by atoms with van der Waals surface area (Å²) in [5.74, 6) is 1.02. The highest BCUT2D eigenvalue weighted by Crippen LogP contribution is 2.31. The number of furan rings is 1. The molecule has 1 aromatic heterocycles. The smallest absolute Gasteiger partial charge is 0.134 e. The second kappa shape index (κ2) is 5.39. The van der Waals surface area contributed by atoms with Crippen LogP contribution < -0.4 is 10.6 Å². The molecule has 1 unspecified atom stereocenters. The van der Waals surface area contributed by atoms with Crippen molar-refractivity contribution < 1.29 is 4.42 Å². The molecule has 0 saturated carbocycles. The molecule has 3 nitrogen and oxygen atoms in total. The molecular weight excluding hydrogens is 272 g/mol. The lowest BCUT2D eigenvalue weighted by Gasteiger charge is -2.47. The molecule has 120 valence electrons. The van der Waals surface area contributed by atoms with E-state index in [2.05, 4.69) is 63.5 Å². The number of nitrogens with one attached hydrogen (secondary N) is 2. The van der Waals surface area contributed by atoms with Crippen LogP contribution in [0.1, 0.15) is 59.3 Å². The molecule has 1 aromatic carbocycles. The molecule has 0 aliphatic carbocycles. The highest BCUT2D eigenvalue weighted by molar-refractivity contribution is 5.77. The van der Waals surface area contributed by atoms with Gasteiger partial charge < -0.3 is 15.1 Å². The summed E-state index contributed by atoms with van der Waals surface area (Å²) in [5, 5.41) is 8.68. The Morgan fingerprint density at radius 1 is 1.14 bits per heavy atom. The summed E-state index contributed by atoms with van der Waals surface area (Å²) in [6, 6.07) is 11.1. The SMILES string of the molecule is CC(NC1CC(C)(C)NC(C)(C)C1)c1cc2ccccc2o1. The maximum atomic E-state index is 6.00. The Kier molecular flexibility index (Phi) is 3.82.